The molecule has 3 aromatic rings. The summed E-state index contributed by atoms with van der Waals surface area (Å²) in [6.45, 7) is 5.64. The summed E-state index contributed by atoms with van der Waals surface area (Å²) in [5.41, 5.74) is 4.57. The fraction of sp³-hybridized carbons (Fsp3) is 0.417. The van der Waals surface area contributed by atoms with Crippen LogP contribution in [0.1, 0.15) is 30.5 Å². The average Bonchev–Trinajstić information content (AvgIpc) is 3.24. The Morgan fingerprint density at radius 3 is 2.52 bits per heavy atom. The number of fused-ring (bicyclic) bond motifs is 1. The van der Waals surface area contributed by atoms with E-state index in [1.807, 2.05) is 19.9 Å². The normalized spacial score (nSPS) is 13.5. The zero-order chi connectivity index (χ0) is 23.8. The molecule has 1 aliphatic rings. The molecule has 0 saturated heterocycles. The van der Waals surface area contributed by atoms with Crippen molar-refractivity contribution in [2.24, 2.45) is 0 Å². The Hall–Kier alpha value is -3.32. The first-order chi connectivity index (χ1) is 15.9. The van der Waals surface area contributed by atoms with Crippen molar-refractivity contribution in [3.8, 4) is 34.8 Å². The van der Waals surface area contributed by atoms with Crippen molar-refractivity contribution in [3.05, 3.63) is 47.2 Å². The van der Waals surface area contributed by atoms with E-state index < -0.39 is 0 Å². The third kappa shape index (κ3) is 6.35. The molecule has 0 aliphatic carbocycles. The van der Waals surface area contributed by atoms with Gasteiger partial charge in [0.05, 0.1) is 24.9 Å². The summed E-state index contributed by atoms with van der Waals surface area (Å²) in [6, 6.07) is 10.1. The number of nitrogens with zero attached hydrogens (tertiary/aromatic N) is 5. The quantitative estimate of drug-likeness (QED) is 0.601. The predicted octanol–water partition coefficient (Wildman–Crippen LogP) is 2.46. The highest BCUT2D eigenvalue weighted by Crippen LogP contribution is 2.27. The summed E-state index contributed by atoms with van der Waals surface area (Å²) in [4.78, 5) is 11.1. The number of hydrogen-bond acceptors (Lipinski definition) is 9. The molecular weight excluding hydrogens is 422 g/mol. The molecule has 0 saturated carbocycles. The molecule has 1 aromatic carbocycles. The molecule has 0 bridgehead atoms. The van der Waals surface area contributed by atoms with Gasteiger partial charge in [-0.05, 0) is 57.0 Å². The minimum atomic E-state index is -0.125. The first kappa shape index (κ1) is 24.3. The maximum atomic E-state index is 9.40. The van der Waals surface area contributed by atoms with E-state index in [0.717, 1.165) is 31.5 Å². The second-order valence-electron chi connectivity index (χ2n) is 8.01. The topological polar surface area (TPSA) is 129 Å². The third-order valence-corrected chi connectivity index (χ3v) is 5.08. The van der Waals surface area contributed by atoms with Crippen molar-refractivity contribution in [2.45, 2.75) is 32.8 Å². The van der Waals surface area contributed by atoms with Crippen molar-refractivity contribution in [1.29, 1.82) is 5.26 Å². The van der Waals surface area contributed by atoms with Gasteiger partial charge in [-0.3, -0.25) is 0 Å². The van der Waals surface area contributed by atoms with Crippen LogP contribution in [0.4, 0.5) is 0 Å². The van der Waals surface area contributed by atoms with E-state index in [4.69, 9.17) is 19.5 Å². The van der Waals surface area contributed by atoms with E-state index in [9.17, 15) is 5.26 Å². The lowest BCUT2D eigenvalue weighted by Crippen LogP contribution is -2.20. The molecule has 2 aromatic heterocycles. The van der Waals surface area contributed by atoms with E-state index in [-0.39, 0.29) is 19.3 Å². The Bertz CT molecular complexity index is 1100. The second kappa shape index (κ2) is 11.5. The number of hydrogen-bond donors (Lipinski definition) is 2. The highest BCUT2D eigenvalue weighted by atomic mass is 16.5. The maximum absolute atomic E-state index is 9.40. The van der Waals surface area contributed by atoms with Crippen LogP contribution in [0.5, 0.6) is 5.88 Å². The summed E-state index contributed by atoms with van der Waals surface area (Å²) in [7, 11) is 2.15. The number of aliphatic hydroxyl groups excluding tert-OH is 2. The molecule has 174 valence electrons. The molecule has 3 heterocycles. The molecular formula is C24H29N5O4. The maximum Gasteiger partial charge on any atom is 0.259 e. The number of aliphatic hydroxyl groups is 2. The van der Waals surface area contributed by atoms with Crippen molar-refractivity contribution in [1.82, 2.24) is 20.0 Å². The number of nitriles is 1. The van der Waals surface area contributed by atoms with Gasteiger partial charge in [-0.2, -0.15) is 10.2 Å². The lowest BCUT2D eigenvalue weighted by atomic mass is 10.00. The molecule has 2 N–H and O–H groups in total. The van der Waals surface area contributed by atoms with Gasteiger partial charge in [0.15, 0.2) is 0 Å². The third-order valence-electron chi connectivity index (χ3n) is 5.08. The van der Waals surface area contributed by atoms with Gasteiger partial charge in [0.2, 0.25) is 11.7 Å². The van der Waals surface area contributed by atoms with E-state index in [1.165, 1.54) is 11.1 Å². The number of pyridine rings is 1. The Morgan fingerprint density at radius 1 is 1.12 bits per heavy atom. The molecule has 0 radical (unpaired) electrons. The molecule has 0 atom stereocenters. The van der Waals surface area contributed by atoms with Crippen molar-refractivity contribution in [2.75, 3.05) is 33.4 Å². The van der Waals surface area contributed by atoms with E-state index in [1.54, 1.807) is 12.3 Å². The molecule has 0 fully saturated rings. The van der Waals surface area contributed by atoms with E-state index >= 15 is 0 Å². The summed E-state index contributed by atoms with van der Waals surface area (Å²) in [5, 5.41) is 28.8. The van der Waals surface area contributed by atoms with Crippen LogP contribution < -0.4 is 4.74 Å². The standard InChI is InChI=1S/C22H23N5O2.C2H6O2/c1-14(2)28-21-18(12-23)11-19(13-24-21)22-25-20(26-29-22)17-5-4-15-6-8-27(3)9-7-16(15)10-17;3-1-2-4/h4-5,10-11,13-14H,6-9H2,1-3H3;3-4H,1-2H2. The van der Waals surface area contributed by atoms with Crippen LogP contribution in [-0.2, 0) is 12.8 Å². The number of aromatic nitrogens is 3. The van der Waals surface area contributed by atoms with Crippen LogP contribution >= 0.6 is 0 Å². The first-order valence-electron chi connectivity index (χ1n) is 10.9. The molecule has 0 spiro atoms. The number of ether oxygens (including phenoxy) is 1. The molecule has 0 unspecified atom stereocenters. The van der Waals surface area contributed by atoms with Crippen LogP contribution in [-0.4, -0.2) is 69.7 Å². The van der Waals surface area contributed by atoms with Gasteiger partial charge in [0.1, 0.15) is 11.6 Å². The minimum Gasteiger partial charge on any atom is -0.474 e. The van der Waals surface area contributed by atoms with Crippen molar-refractivity contribution < 1.29 is 19.5 Å². The number of benzene rings is 1. The van der Waals surface area contributed by atoms with Gasteiger partial charge in [0, 0.05) is 24.8 Å². The summed E-state index contributed by atoms with van der Waals surface area (Å²) >= 11 is 0. The van der Waals surface area contributed by atoms with Crippen molar-refractivity contribution in [3.63, 3.8) is 0 Å². The minimum absolute atomic E-state index is 0.0662. The lowest BCUT2D eigenvalue weighted by Gasteiger charge is -2.10. The van der Waals surface area contributed by atoms with E-state index in [2.05, 4.69) is 45.3 Å². The zero-order valence-corrected chi connectivity index (χ0v) is 19.2. The molecule has 4 rings (SSSR count). The van der Waals surface area contributed by atoms with Gasteiger partial charge in [-0.15, -0.1) is 0 Å². The van der Waals surface area contributed by atoms with Crippen LogP contribution in [0.15, 0.2) is 35.0 Å². The lowest BCUT2D eigenvalue weighted by molar-refractivity contribution is 0.186. The molecule has 0 amide bonds. The van der Waals surface area contributed by atoms with Gasteiger partial charge < -0.3 is 24.4 Å². The smallest absolute Gasteiger partial charge is 0.259 e. The first-order valence-corrected chi connectivity index (χ1v) is 10.9. The largest absolute Gasteiger partial charge is 0.474 e. The monoisotopic (exact) mass is 451 g/mol. The van der Waals surface area contributed by atoms with Gasteiger partial charge in [-0.1, -0.05) is 17.3 Å². The average molecular weight is 452 g/mol. The highest BCUT2D eigenvalue weighted by Gasteiger charge is 2.17. The Labute approximate surface area is 193 Å². The molecule has 9 nitrogen and oxygen atoms in total. The van der Waals surface area contributed by atoms with Crippen LogP contribution in [0.3, 0.4) is 0 Å². The molecule has 9 heteroatoms. The van der Waals surface area contributed by atoms with Crippen LogP contribution in [0.2, 0.25) is 0 Å². The van der Waals surface area contributed by atoms with Gasteiger partial charge in [0.25, 0.3) is 5.89 Å². The molecule has 33 heavy (non-hydrogen) atoms. The highest BCUT2D eigenvalue weighted by molar-refractivity contribution is 5.62. The molecule has 1 aliphatic heterocycles. The fourth-order valence-electron chi connectivity index (χ4n) is 3.40. The SMILES string of the molecule is CC(C)Oc1ncc(-c2nc(-c3ccc4c(c3)CCN(C)CC4)no2)cc1C#N.OCCO. The predicted molar refractivity (Wildman–Crippen MR) is 123 cm³/mol. The summed E-state index contributed by atoms with van der Waals surface area (Å²) in [5.74, 6) is 1.16. The second-order valence-corrected chi connectivity index (χ2v) is 8.01. The van der Waals surface area contributed by atoms with Gasteiger partial charge in [-0.25, -0.2) is 4.98 Å². The number of rotatable bonds is 5. The Kier molecular flexibility index (Phi) is 8.49. The zero-order valence-electron chi connectivity index (χ0n) is 19.2. The van der Waals surface area contributed by atoms with Gasteiger partial charge >= 0.3 is 0 Å². The summed E-state index contributed by atoms with van der Waals surface area (Å²) < 4.78 is 11.0. The van der Waals surface area contributed by atoms with Crippen LogP contribution in [0, 0.1) is 11.3 Å². The van der Waals surface area contributed by atoms with Crippen LogP contribution in [0.25, 0.3) is 22.8 Å². The van der Waals surface area contributed by atoms with E-state index in [0.29, 0.717) is 28.7 Å². The Balaban J connectivity index is 0.000000709. The Morgan fingerprint density at radius 2 is 1.85 bits per heavy atom. The number of likely N-dealkylation sites (N-methyl/N-ethyl adjacent to an activating group) is 1. The fourth-order valence-corrected chi connectivity index (χ4v) is 3.40. The summed E-state index contributed by atoms with van der Waals surface area (Å²) in [6.07, 6.45) is 3.58. The van der Waals surface area contributed by atoms with Crippen molar-refractivity contribution >= 4 is 0 Å².